The molecule has 7 heteroatoms. The summed E-state index contributed by atoms with van der Waals surface area (Å²) in [5, 5.41) is 3.39. The maximum Gasteiger partial charge on any atom is 0.263 e. The molecule has 1 aliphatic rings. The molecule has 1 saturated heterocycles. The normalized spacial score (nSPS) is 13.3. The molecule has 0 atom stereocenters. The van der Waals surface area contributed by atoms with Crippen molar-refractivity contribution in [1.29, 1.82) is 0 Å². The SMILES string of the molecule is COc1ccc(NC(=O)c2ccc3c(=O)n(Cc4ccccc4)c(N4CCCC4)nc3c2)cc1. The van der Waals surface area contributed by atoms with E-state index in [1.807, 2.05) is 30.3 Å². The molecule has 172 valence electrons. The lowest BCUT2D eigenvalue weighted by atomic mass is 10.1. The zero-order chi connectivity index (χ0) is 23.5. The van der Waals surface area contributed by atoms with Crippen LogP contribution in [-0.2, 0) is 6.54 Å². The molecule has 7 nitrogen and oxygen atoms in total. The predicted octanol–water partition coefficient (Wildman–Crippen LogP) is 4.31. The topological polar surface area (TPSA) is 76.5 Å². The molecule has 34 heavy (non-hydrogen) atoms. The first-order chi connectivity index (χ1) is 16.6. The van der Waals surface area contributed by atoms with E-state index in [0.29, 0.717) is 40.4 Å². The molecule has 1 aliphatic heterocycles. The lowest BCUT2D eigenvalue weighted by Gasteiger charge is -2.22. The van der Waals surface area contributed by atoms with Crippen LogP contribution in [0.15, 0.2) is 77.6 Å². The number of amides is 1. The van der Waals surface area contributed by atoms with Gasteiger partial charge in [-0.3, -0.25) is 14.2 Å². The van der Waals surface area contributed by atoms with Gasteiger partial charge < -0.3 is 15.0 Å². The van der Waals surface area contributed by atoms with Crippen LogP contribution >= 0.6 is 0 Å². The van der Waals surface area contributed by atoms with Crippen LogP contribution in [0.4, 0.5) is 11.6 Å². The fourth-order valence-corrected chi connectivity index (χ4v) is 4.30. The van der Waals surface area contributed by atoms with E-state index in [1.165, 1.54) is 0 Å². The van der Waals surface area contributed by atoms with Crippen molar-refractivity contribution in [2.24, 2.45) is 0 Å². The van der Waals surface area contributed by atoms with Crippen molar-refractivity contribution in [3.05, 3.63) is 94.3 Å². The quantitative estimate of drug-likeness (QED) is 0.470. The molecular formula is C27H26N4O3. The lowest BCUT2D eigenvalue weighted by molar-refractivity contribution is 0.102. The summed E-state index contributed by atoms with van der Waals surface area (Å²) in [4.78, 5) is 33.4. The molecule has 0 bridgehead atoms. The first-order valence-electron chi connectivity index (χ1n) is 11.4. The molecule has 5 rings (SSSR count). The van der Waals surface area contributed by atoms with E-state index in [1.54, 1.807) is 54.1 Å². The fraction of sp³-hybridized carbons (Fsp3) is 0.222. The van der Waals surface area contributed by atoms with Gasteiger partial charge in [-0.1, -0.05) is 30.3 Å². The smallest absolute Gasteiger partial charge is 0.263 e. The summed E-state index contributed by atoms with van der Waals surface area (Å²) >= 11 is 0. The molecule has 0 spiro atoms. The average Bonchev–Trinajstić information content (AvgIpc) is 3.41. The van der Waals surface area contributed by atoms with E-state index in [4.69, 9.17) is 9.72 Å². The summed E-state index contributed by atoms with van der Waals surface area (Å²) in [6.07, 6.45) is 2.15. The molecule has 0 saturated carbocycles. The number of nitrogens with zero attached hydrogens (tertiary/aromatic N) is 3. The molecule has 1 N–H and O–H groups in total. The maximum atomic E-state index is 13.5. The van der Waals surface area contributed by atoms with Crippen molar-refractivity contribution >= 4 is 28.4 Å². The minimum absolute atomic E-state index is 0.0992. The number of carbonyl (C=O) groups excluding carboxylic acids is 1. The number of carbonyl (C=O) groups is 1. The van der Waals surface area contributed by atoms with Gasteiger partial charge >= 0.3 is 0 Å². The Morgan fingerprint density at radius 2 is 1.74 bits per heavy atom. The molecule has 1 aromatic heterocycles. The molecule has 2 heterocycles. The van der Waals surface area contributed by atoms with Crippen molar-refractivity contribution in [2.45, 2.75) is 19.4 Å². The molecule has 0 unspecified atom stereocenters. The second-order valence-corrected chi connectivity index (χ2v) is 8.40. The van der Waals surface area contributed by atoms with Gasteiger partial charge in [0.15, 0.2) is 0 Å². The van der Waals surface area contributed by atoms with Gasteiger partial charge in [-0.2, -0.15) is 0 Å². The third kappa shape index (κ3) is 4.37. The van der Waals surface area contributed by atoms with E-state index in [-0.39, 0.29) is 11.5 Å². The van der Waals surface area contributed by atoms with Gasteiger partial charge in [-0.25, -0.2) is 4.98 Å². The number of benzene rings is 3. The van der Waals surface area contributed by atoms with E-state index in [2.05, 4.69) is 10.2 Å². The molecule has 1 fully saturated rings. The highest BCUT2D eigenvalue weighted by Crippen LogP contribution is 2.22. The Labute approximate surface area is 197 Å². The van der Waals surface area contributed by atoms with Crippen LogP contribution < -0.4 is 20.5 Å². The van der Waals surface area contributed by atoms with Crippen molar-refractivity contribution in [3.63, 3.8) is 0 Å². The van der Waals surface area contributed by atoms with Crippen molar-refractivity contribution in [2.75, 3.05) is 30.4 Å². The van der Waals surface area contributed by atoms with Crippen LogP contribution in [0, 0.1) is 0 Å². The van der Waals surface area contributed by atoms with Gasteiger partial charge in [0, 0.05) is 24.3 Å². The van der Waals surface area contributed by atoms with Gasteiger partial charge in [0.2, 0.25) is 5.95 Å². The van der Waals surface area contributed by atoms with Crippen molar-refractivity contribution in [3.8, 4) is 5.75 Å². The molecule has 3 aromatic carbocycles. The Bertz CT molecular complexity index is 1380. The Hall–Kier alpha value is -4.13. The Morgan fingerprint density at radius 1 is 1.00 bits per heavy atom. The molecule has 1 amide bonds. The Balaban J connectivity index is 1.51. The highest BCUT2D eigenvalue weighted by Gasteiger charge is 2.21. The summed E-state index contributed by atoms with van der Waals surface area (Å²) in [6.45, 7) is 2.18. The summed E-state index contributed by atoms with van der Waals surface area (Å²) in [6, 6.07) is 22.1. The highest BCUT2D eigenvalue weighted by atomic mass is 16.5. The molecular weight excluding hydrogens is 428 g/mol. The number of anilines is 2. The average molecular weight is 455 g/mol. The third-order valence-electron chi connectivity index (χ3n) is 6.12. The molecule has 4 aromatic rings. The van der Waals surface area contributed by atoms with Gasteiger partial charge in [0.1, 0.15) is 5.75 Å². The van der Waals surface area contributed by atoms with E-state index < -0.39 is 0 Å². The van der Waals surface area contributed by atoms with Crippen LogP contribution in [0.25, 0.3) is 10.9 Å². The van der Waals surface area contributed by atoms with Crippen LogP contribution in [0.3, 0.4) is 0 Å². The van der Waals surface area contributed by atoms with Crippen molar-refractivity contribution in [1.82, 2.24) is 9.55 Å². The predicted molar refractivity (Wildman–Crippen MR) is 134 cm³/mol. The fourth-order valence-electron chi connectivity index (χ4n) is 4.30. The highest BCUT2D eigenvalue weighted by molar-refractivity contribution is 6.06. The molecule has 0 radical (unpaired) electrons. The van der Waals surface area contributed by atoms with Crippen LogP contribution in [0.2, 0.25) is 0 Å². The largest absolute Gasteiger partial charge is 0.497 e. The number of rotatable bonds is 6. The summed E-state index contributed by atoms with van der Waals surface area (Å²) in [5.41, 5.74) is 2.58. The maximum absolute atomic E-state index is 13.5. The monoisotopic (exact) mass is 454 g/mol. The summed E-state index contributed by atoms with van der Waals surface area (Å²) in [5.74, 6) is 1.12. The van der Waals surface area contributed by atoms with Crippen LogP contribution in [0.1, 0.15) is 28.8 Å². The van der Waals surface area contributed by atoms with Gasteiger partial charge in [-0.15, -0.1) is 0 Å². The third-order valence-corrected chi connectivity index (χ3v) is 6.12. The first kappa shape index (κ1) is 21.7. The second-order valence-electron chi connectivity index (χ2n) is 8.40. The van der Waals surface area contributed by atoms with Crippen LogP contribution in [0.5, 0.6) is 5.75 Å². The number of methoxy groups -OCH3 is 1. The van der Waals surface area contributed by atoms with E-state index in [9.17, 15) is 9.59 Å². The minimum Gasteiger partial charge on any atom is -0.497 e. The lowest BCUT2D eigenvalue weighted by Crippen LogP contribution is -2.31. The zero-order valence-corrected chi connectivity index (χ0v) is 19.0. The minimum atomic E-state index is -0.259. The number of hydrogen-bond acceptors (Lipinski definition) is 5. The van der Waals surface area contributed by atoms with E-state index in [0.717, 1.165) is 31.5 Å². The number of hydrogen-bond donors (Lipinski definition) is 1. The zero-order valence-electron chi connectivity index (χ0n) is 19.0. The van der Waals surface area contributed by atoms with Gasteiger partial charge in [0.05, 0.1) is 24.6 Å². The summed E-state index contributed by atoms with van der Waals surface area (Å²) in [7, 11) is 1.60. The van der Waals surface area contributed by atoms with Gasteiger partial charge in [-0.05, 0) is 60.9 Å². The first-order valence-corrected chi connectivity index (χ1v) is 11.4. The number of fused-ring (bicyclic) bond motifs is 1. The second kappa shape index (κ2) is 9.39. The standard InChI is InChI=1S/C27H26N4O3/c1-34-22-12-10-21(11-13-22)28-25(32)20-9-14-23-24(17-20)29-27(30-15-5-6-16-30)31(26(23)33)18-19-7-3-2-4-8-19/h2-4,7-14,17H,5-6,15-16,18H2,1H3,(H,28,32). The molecule has 0 aliphatic carbocycles. The number of aromatic nitrogens is 2. The Kier molecular flexibility index (Phi) is 5.99. The number of nitrogens with one attached hydrogen (secondary N) is 1. The van der Waals surface area contributed by atoms with Gasteiger partial charge in [0.25, 0.3) is 11.5 Å². The summed E-state index contributed by atoms with van der Waals surface area (Å²) < 4.78 is 6.91. The van der Waals surface area contributed by atoms with Crippen LogP contribution in [-0.4, -0.2) is 35.7 Å². The Morgan fingerprint density at radius 3 is 2.44 bits per heavy atom. The van der Waals surface area contributed by atoms with E-state index >= 15 is 0 Å². The van der Waals surface area contributed by atoms with Crippen molar-refractivity contribution < 1.29 is 9.53 Å². The number of ether oxygens (including phenoxy) is 1.